The van der Waals surface area contributed by atoms with Crippen molar-refractivity contribution in [3.05, 3.63) is 11.1 Å². The molecule has 92 valence electrons. The number of amides is 2. The first-order valence-electron chi connectivity index (χ1n) is 6.22. The van der Waals surface area contributed by atoms with Crippen molar-refractivity contribution in [1.29, 1.82) is 0 Å². The lowest BCUT2D eigenvalue weighted by molar-refractivity contribution is 0.219. The Balaban J connectivity index is 1.62. The number of urea groups is 1. The highest BCUT2D eigenvalue weighted by Crippen LogP contribution is 2.33. The first-order valence-corrected chi connectivity index (χ1v) is 7.10. The van der Waals surface area contributed by atoms with E-state index in [0.717, 1.165) is 36.4 Å². The van der Waals surface area contributed by atoms with Crippen LogP contribution in [0.2, 0.25) is 0 Å². The third-order valence-electron chi connectivity index (χ3n) is 3.44. The van der Waals surface area contributed by atoms with Crippen LogP contribution in [0.15, 0.2) is 5.38 Å². The molecule has 1 aromatic heterocycles. The van der Waals surface area contributed by atoms with Crippen LogP contribution in [0, 0.1) is 12.8 Å². The highest BCUT2D eigenvalue weighted by Gasteiger charge is 2.32. The minimum atomic E-state index is 0.139. The van der Waals surface area contributed by atoms with E-state index in [1.165, 1.54) is 19.3 Å². The number of nitrogens with zero attached hydrogens (tertiary/aromatic N) is 3. The second kappa shape index (κ2) is 4.29. The van der Waals surface area contributed by atoms with Crippen LogP contribution in [-0.4, -0.2) is 35.5 Å². The molecule has 0 atom stereocenters. The van der Waals surface area contributed by atoms with Crippen LogP contribution in [0.5, 0.6) is 0 Å². The summed E-state index contributed by atoms with van der Waals surface area (Å²) >= 11 is 1.56. The fourth-order valence-electron chi connectivity index (χ4n) is 2.18. The average Bonchev–Trinajstić information content (AvgIpc) is 2.94. The molecule has 0 bridgehead atoms. The van der Waals surface area contributed by atoms with E-state index in [9.17, 15) is 4.79 Å². The number of thiazole rings is 1. The number of carbonyl (C=O) groups is 1. The van der Waals surface area contributed by atoms with Crippen molar-refractivity contribution in [3.63, 3.8) is 0 Å². The number of rotatable bonds is 4. The lowest BCUT2D eigenvalue weighted by atomic mass is 10.3. The van der Waals surface area contributed by atoms with Gasteiger partial charge in [-0.2, -0.15) is 0 Å². The van der Waals surface area contributed by atoms with Gasteiger partial charge >= 0.3 is 6.03 Å². The fourth-order valence-corrected chi connectivity index (χ4v) is 3.00. The molecule has 4 nitrogen and oxygen atoms in total. The first kappa shape index (κ1) is 11.0. The number of carbonyl (C=O) groups excluding carboxylic acids is 1. The van der Waals surface area contributed by atoms with E-state index >= 15 is 0 Å². The smallest absolute Gasteiger partial charge is 0.322 e. The van der Waals surface area contributed by atoms with E-state index in [2.05, 4.69) is 4.98 Å². The first-order chi connectivity index (χ1) is 8.24. The van der Waals surface area contributed by atoms with Gasteiger partial charge < -0.3 is 4.90 Å². The monoisotopic (exact) mass is 251 g/mol. The Morgan fingerprint density at radius 2 is 2.29 bits per heavy atom. The molecular formula is C12H17N3OS. The van der Waals surface area contributed by atoms with Crippen LogP contribution in [-0.2, 0) is 0 Å². The van der Waals surface area contributed by atoms with Gasteiger partial charge in [-0.05, 0) is 19.3 Å². The number of anilines is 1. The van der Waals surface area contributed by atoms with E-state index in [0.29, 0.717) is 0 Å². The Morgan fingerprint density at radius 3 is 2.94 bits per heavy atom. The summed E-state index contributed by atoms with van der Waals surface area (Å²) in [5.41, 5.74) is 0.995. The molecule has 0 N–H and O–H groups in total. The van der Waals surface area contributed by atoms with E-state index in [-0.39, 0.29) is 6.03 Å². The van der Waals surface area contributed by atoms with Gasteiger partial charge in [-0.25, -0.2) is 9.78 Å². The normalized spacial score (nSPS) is 20.4. The van der Waals surface area contributed by atoms with Crippen molar-refractivity contribution in [2.45, 2.75) is 26.2 Å². The molecule has 0 unspecified atom stereocenters. The van der Waals surface area contributed by atoms with Gasteiger partial charge in [0.1, 0.15) is 0 Å². The molecule has 1 aromatic rings. The zero-order chi connectivity index (χ0) is 11.8. The molecule has 2 aliphatic rings. The van der Waals surface area contributed by atoms with Gasteiger partial charge in [-0.3, -0.25) is 4.90 Å². The molecule has 3 rings (SSSR count). The summed E-state index contributed by atoms with van der Waals surface area (Å²) in [5, 5.41) is 2.84. The number of hydrogen-bond acceptors (Lipinski definition) is 3. The zero-order valence-electron chi connectivity index (χ0n) is 10.1. The second-order valence-electron chi connectivity index (χ2n) is 4.92. The highest BCUT2D eigenvalue weighted by molar-refractivity contribution is 7.14. The second-order valence-corrected chi connectivity index (χ2v) is 5.76. The lowest BCUT2D eigenvalue weighted by Crippen LogP contribution is -2.32. The molecule has 0 radical (unpaired) electrons. The minimum absolute atomic E-state index is 0.139. The molecule has 2 fully saturated rings. The van der Waals surface area contributed by atoms with Crippen molar-refractivity contribution in [3.8, 4) is 0 Å². The molecule has 17 heavy (non-hydrogen) atoms. The molecule has 5 heteroatoms. The third-order valence-corrected chi connectivity index (χ3v) is 4.42. The van der Waals surface area contributed by atoms with Crippen LogP contribution < -0.4 is 4.90 Å². The predicted molar refractivity (Wildman–Crippen MR) is 68.5 cm³/mol. The molecule has 1 saturated carbocycles. The molecule has 2 heterocycles. The molecule has 1 aliphatic carbocycles. The Hall–Kier alpha value is -1.10. The topological polar surface area (TPSA) is 36.4 Å². The highest BCUT2D eigenvalue weighted by atomic mass is 32.1. The molecule has 1 saturated heterocycles. The van der Waals surface area contributed by atoms with Gasteiger partial charge in [-0.1, -0.05) is 12.8 Å². The van der Waals surface area contributed by atoms with Crippen molar-refractivity contribution in [1.82, 2.24) is 9.88 Å². The van der Waals surface area contributed by atoms with Crippen molar-refractivity contribution in [2.24, 2.45) is 5.92 Å². The summed E-state index contributed by atoms with van der Waals surface area (Å²) in [6, 6.07) is 0.139. The largest absolute Gasteiger partial charge is 0.326 e. The molecule has 1 aliphatic heterocycles. The number of hydrogen-bond donors (Lipinski definition) is 0. The zero-order valence-corrected chi connectivity index (χ0v) is 10.9. The maximum atomic E-state index is 12.2. The average molecular weight is 251 g/mol. The summed E-state index contributed by atoms with van der Waals surface area (Å²) < 4.78 is 0. The summed E-state index contributed by atoms with van der Waals surface area (Å²) in [7, 11) is 0. The Morgan fingerprint density at radius 1 is 1.47 bits per heavy atom. The molecule has 2 amide bonds. The van der Waals surface area contributed by atoms with Gasteiger partial charge in [0, 0.05) is 25.0 Å². The van der Waals surface area contributed by atoms with E-state index < -0.39 is 0 Å². The van der Waals surface area contributed by atoms with Crippen LogP contribution in [0.1, 0.15) is 25.0 Å². The Kier molecular flexibility index (Phi) is 2.78. The SMILES string of the molecule is Cc1csc(N2CCN(CCC3CC3)C2=O)n1. The minimum Gasteiger partial charge on any atom is -0.322 e. The predicted octanol–water partition coefficient (Wildman–Crippen LogP) is 2.49. The van der Waals surface area contributed by atoms with E-state index in [4.69, 9.17) is 0 Å². The number of aromatic nitrogens is 1. The summed E-state index contributed by atoms with van der Waals surface area (Å²) in [5.74, 6) is 0.888. The van der Waals surface area contributed by atoms with E-state index in [1.807, 2.05) is 22.1 Å². The van der Waals surface area contributed by atoms with Gasteiger partial charge in [-0.15, -0.1) is 11.3 Å². The molecule has 0 spiro atoms. The van der Waals surface area contributed by atoms with Crippen LogP contribution >= 0.6 is 11.3 Å². The van der Waals surface area contributed by atoms with Crippen LogP contribution in [0.4, 0.5) is 9.93 Å². The van der Waals surface area contributed by atoms with Crippen molar-refractivity contribution in [2.75, 3.05) is 24.5 Å². The summed E-state index contributed by atoms with van der Waals surface area (Å²) in [4.78, 5) is 20.3. The van der Waals surface area contributed by atoms with Crippen LogP contribution in [0.25, 0.3) is 0 Å². The summed E-state index contributed by atoms with van der Waals surface area (Å²) in [6.45, 7) is 4.52. The Bertz CT molecular complexity index is 427. The lowest BCUT2D eigenvalue weighted by Gasteiger charge is -2.16. The summed E-state index contributed by atoms with van der Waals surface area (Å²) in [6.07, 6.45) is 3.89. The van der Waals surface area contributed by atoms with Crippen molar-refractivity contribution >= 4 is 22.5 Å². The van der Waals surface area contributed by atoms with E-state index in [1.54, 1.807) is 11.3 Å². The van der Waals surface area contributed by atoms with Gasteiger partial charge in [0.2, 0.25) is 0 Å². The quantitative estimate of drug-likeness (QED) is 0.824. The van der Waals surface area contributed by atoms with Gasteiger partial charge in [0.05, 0.1) is 5.69 Å². The molecule has 0 aromatic carbocycles. The van der Waals surface area contributed by atoms with Gasteiger partial charge in [0.25, 0.3) is 0 Å². The standard InChI is InChI=1S/C12H17N3OS/c1-9-8-17-11(13-9)15-7-6-14(12(15)16)5-4-10-2-3-10/h8,10H,2-7H2,1H3. The molecular weight excluding hydrogens is 234 g/mol. The maximum Gasteiger partial charge on any atom is 0.326 e. The third kappa shape index (κ3) is 2.29. The number of aryl methyl sites for hydroxylation is 1. The van der Waals surface area contributed by atoms with Gasteiger partial charge in [0.15, 0.2) is 5.13 Å². The Labute approximate surface area is 105 Å². The fraction of sp³-hybridized carbons (Fsp3) is 0.667. The van der Waals surface area contributed by atoms with Crippen molar-refractivity contribution < 1.29 is 4.79 Å². The van der Waals surface area contributed by atoms with Crippen LogP contribution in [0.3, 0.4) is 0 Å². The maximum absolute atomic E-state index is 12.2.